The molecule has 27 heavy (non-hydrogen) atoms. The molecule has 0 unspecified atom stereocenters. The third-order valence-corrected chi connectivity index (χ3v) is 3.62. The van der Waals surface area contributed by atoms with Crippen molar-refractivity contribution < 1.29 is 32.2 Å². The minimum absolute atomic E-state index is 0.0578. The van der Waals surface area contributed by atoms with Gasteiger partial charge in [0.1, 0.15) is 12.4 Å². The molecule has 1 aliphatic heterocycles. The van der Waals surface area contributed by atoms with Crippen LogP contribution in [0.2, 0.25) is 0 Å². The molecule has 0 fully saturated rings. The SMILES string of the molecule is O=C1COc2ccc(NC(=O)c3ccc(COCC(F)(F)F)cc3)cc2N1. The number of fused-ring (bicyclic) bond motifs is 1. The third kappa shape index (κ3) is 5.20. The van der Waals surface area contributed by atoms with Gasteiger partial charge in [0.2, 0.25) is 0 Å². The van der Waals surface area contributed by atoms with Gasteiger partial charge in [0.25, 0.3) is 11.8 Å². The molecular formula is C18H15F3N2O4. The largest absolute Gasteiger partial charge is 0.482 e. The zero-order valence-electron chi connectivity index (χ0n) is 13.9. The molecule has 2 N–H and O–H groups in total. The van der Waals surface area contributed by atoms with Gasteiger partial charge in [0, 0.05) is 11.3 Å². The van der Waals surface area contributed by atoms with Gasteiger partial charge in [-0.2, -0.15) is 13.2 Å². The molecule has 0 saturated carbocycles. The summed E-state index contributed by atoms with van der Waals surface area (Å²) in [6, 6.07) is 10.9. The summed E-state index contributed by atoms with van der Waals surface area (Å²) in [7, 11) is 0. The minimum atomic E-state index is -4.38. The summed E-state index contributed by atoms with van der Waals surface area (Å²) in [4.78, 5) is 23.6. The molecule has 3 rings (SSSR count). The Morgan fingerprint density at radius 1 is 1.19 bits per heavy atom. The van der Waals surface area contributed by atoms with Gasteiger partial charge in [-0.3, -0.25) is 9.59 Å². The number of carbonyl (C=O) groups is 2. The Bertz CT molecular complexity index is 851. The standard InChI is InChI=1S/C18H15F3N2O4/c19-18(20,21)10-26-8-11-1-3-12(4-2-11)17(25)22-13-5-6-15-14(7-13)23-16(24)9-27-15/h1-7H,8-10H2,(H,22,25)(H,23,24). The molecule has 2 amide bonds. The molecule has 1 aliphatic rings. The molecular weight excluding hydrogens is 365 g/mol. The lowest BCUT2D eigenvalue weighted by Gasteiger charge is -2.18. The fraction of sp³-hybridized carbons (Fsp3) is 0.222. The van der Waals surface area contributed by atoms with E-state index in [-0.39, 0.29) is 19.1 Å². The van der Waals surface area contributed by atoms with Crippen LogP contribution in [0.4, 0.5) is 24.5 Å². The lowest BCUT2D eigenvalue weighted by molar-refractivity contribution is -0.176. The maximum Gasteiger partial charge on any atom is 0.411 e. The second-order valence-corrected chi connectivity index (χ2v) is 5.81. The molecule has 9 heteroatoms. The van der Waals surface area contributed by atoms with Crippen LogP contribution in [0.3, 0.4) is 0 Å². The summed E-state index contributed by atoms with van der Waals surface area (Å²) in [5, 5.41) is 5.32. The summed E-state index contributed by atoms with van der Waals surface area (Å²) < 4.78 is 46.0. The number of hydrogen-bond donors (Lipinski definition) is 2. The van der Waals surface area contributed by atoms with E-state index in [1.54, 1.807) is 18.2 Å². The van der Waals surface area contributed by atoms with E-state index in [4.69, 9.17) is 4.74 Å². The Morgan fingerprint density at radius 2 is 1.93 bits per heavy atom. The van der Waals surface area contributed by atoms with E-state index < -0.39 is 18.7 Å². The first-order valence-electron chi connectivity index (χ1n) is 7.92. The first kappa shape index (κ1) is 18.7. The fourth-order valence-electron chi connectivity index (χ4n) is 2.40. The molecule has 1 heterocycles. The van der Waals surface area contributed by atoms with Gasteiger partial charge in [-0.25, -0.2) is 0 Å². The van der Waals surface area contributed by atoms with Gasteiger partial charge in [0.15, 0.2) is 6.61 Å². The first-order chi connectivity index (χ1) is 12.8. The van der Waals surface area contributed by atoms with Crippen LogP contribution in [0, 0.1) is 0 Å². The number of rotatable bonds is 5. The Labute approximate surface area is 152 Å². The van der Waals surface area contributed by atoms with Crippen LogP contribution in [0.1, 0.15) is 15.9 Å². The third-order valence-electron chi connectivity index (χ3n) is 3.62. The molecule has 142 valence electrons. The van der Waals surface area contributed by atoms with Gasteiger partial charge in [-0.15, -0.1) is 0 Å². The number of anilines is 2. The van der Waals surface area contributed by atoms with Crippen molar-refractivity contribution in [2.75, 3.05) is 23.8 Å². The summed E-state index contributed by atoms with van der Waals surface area (Å²) in [6.45, 7) is -1.59. The number of hydrogen-bond acceptors (Lipinski definition) is 4. The summed E-state index contributed by atoms with van der Waals surface area (Å²) >= 11 is 0. The smallest absolute Gasteiger partial charge is 0.411 e. The van der Waals surface area contributed by atoms with Crippen LogP contribution in [0.5, 0.6) is 5.75 Å². The number of amides is 2. The molecule has 2 aromatic rings. The van der Waals surface area contributed by atoms with E-state index in [1.165, 1.54) is 24.3 Å². The van der Waals surface area contributed by atoms with Crippen LogP contribution in [-0.2, 0) is 16.1 Å². The van der Waals surface area contributed by atoms with Crippen molar-refractivity contribution in [2.24, 2.45) is 0 Å². The highest BCUT2D eigenvalue weighted by Gasteiger charge is 2.27. The highest BCUT2D eigenvalue weighted by molar-refractivity contribution is 6.05. The van der Waals surface area contributed by atoms with Gasteiger partial charge < -0.3 is 20.1 Å². The molecule has 0 radical (unpaired) electrons. The van der Waals surface area contributed by atoms with Crippen LogP contribution in [0.15, 0.2) is 42.5 Å². The van der Waals surface area contributed by atoms with E-state index in [9.17, 15) is 22.8 Å². The van der Waals surface area contributed by atoms with Crippen molar-refractivity contribution in [1.82, 2.24) is 0 Å². The highest BCUT2D eigenvalue weighted by Crippen LogP contribution is 2.30. The molecule has 2 aromatic carbocycles. The van der Waals surface area contributed by atoms with Crippen LogP contribution in [0.25, 0.3) is 0 Å². The van der Waals surface area contributed by atoms with E-state index in [2.05, 4.69) is 15.4 Å². The molecule has 0 bridgehead atoms. The van der Waals surface area contributed by atoms with Crippen molar-refractivity contribution in [3.63, 3.8) is 0 Å². The van der Waals surface area contributed by atoms with E-state index in [0.29, 0.717) is 28.3 Å². The zero-order chi connectivity index (χ0) is 19.4. The highest BCUT2D eigenvalue weighted by atomic mass is 19.4. The Morgan fingerprint density at radius 3 is 2.63 bits per heavy atom. The summed E-state index contributed by atoms with van der Waals surface area (Å²) in [5.41, 5.74) is 1.76. The number of nitrogens with one attached hydrogen (secondary N) is 2. The maximum absolute atomic E-state index is 12.3. The van der Waals surface area contributed by atoms with Crippen molar-refractivity contribution in [3.8, 4) is 5.75 Å². The molecule has 6 nitrogen and oxygen atoms in total. The van der Waals surface area contributed by atoms with Crippen molar-refractivity contribution >= 4 is 23.2 Å². The van der Waals surface area contributed by atoms with E-state index in [1.807, 2.05) is 0 Å². The molecule has 0 spiro atoms. The molecule has 0 aromatic heterocycles. The number of halogens is 3. The van der Waals surface area contributed by atoms with Crippen LogP contribution < -0.4 is 15.4 Å². The van der Waals surface area contributed by atoms with Gasteiger partial charge in [-0.05, 0) is 35.9 Å². The Hall–Kier alpha value is -3.07. The van der Waals surface area contributed by atoms with Crippen LogP contribution in [-0.4, -0.2) is 31.2 Å². The fourth-order valence-corrected chi connectivity index (χ4v) is 2.40. The summed E-state index contributed by atoms with van der Waals surface area (Å²) in [6.07, 6.45) is -4.38. The average Bonchev–Trinajstić information content (AvgIpc) is 2.61. The van der Waals surface area contributed by atoms with E-state index in [0.717, 1.165) is 0 Å². The Kier molecular flexibility index (Phi) is 5.31. The predicted octanol–water partition coefficient (Wildman–Crippen LogP) is 3.35. The molecule has 0 atom stereocenters. The minimum Gasteiger partial charge on any atom is -0.482 e. The van der Waals surface area contributed by atoms with Gasteiger partial charge in [-0.1, -0.05) is 12.1 Å². The van der Waals surface area contributed by atoms with Crippen molar-refractivity contribution in [3.05, 3.63) is 53.6 Å². The second-order valence-electron chi connectivity index (χ2n) is 5.81. The first-order valence-corrected chi connectivity index (χ1v) is 7.92. The number of carbonyl (C=O) groups excluding carboxylic acids is 2. The average molecular weight is 380 g/mol. The number of benzene rings is 2. The second kappa shape index (κ2) is 7.67. The quantitative estimate of drug-likeness (QED) is 0.834. The molecule has 0 saturated heterocycles. The van der Waals surface area contributed by atoms with Crippen molar-refractivity contribution in [2.45, 2.75) is 12.8 Å². The monoisotopic (exact) mass is 380 g/mol. The topological polar surface area (TPSA) is 76.7 Å². The number of alkyl halides is 3. The zero-order valence-corrected chi connectivity index (χ0v) is 13.9. The predicted molar refractivity (Wildman–Crippen MR) is 90.7 cm³/mol. The Balaban J connectivity index is 1.60. The maximum atomic E-state index is 12.3. The van der Waals surface area contributed by atoms with Gasteiger partial charge >= 0.3 is 6.18 Å². The lowest BCUT2D eigenvalue weighted by Crippen LogP contribution is -2.25. The van der Waals surface area contributed by atoms with Crippen LogP contribution >= 0.6 is 0 Å². The lowest BCUT2D eigenvalue weighted by atomic mass is 10.1. The van der Waals surface area contributed by atoms with E-state index >= 15 is 0 Å². The van der Waals surface area contributed by atoms with Gasteiger partial charge in [0.05, 0.1) is 12.3 Å². The normalized spacial score (nSPS) is 13.4. The molecule has 0 aliphatic carbocycles. The number of ether oxygens (including phenoxy) is 2. The summed E-state index contributed by atoms with van der Waals surface area (Å²) in [5.74, 6) is -0.175. The van der Waals surface area contributed by atoms with Crippen molar-refractivity contribution in [1.29, 1.82) is 0 Å².